The fourth-order valence-electron chi connectivity index (χ4n) is 9.30. The number of carbonyl (C=O) groups excluding carboxylic acids is 1. The number of carbonyl (C=O) groups is 1. The van der Waals surface area contributed by atoms with Gasteiger partial charge in [0.2, 0.25) is 5.79 Å². The van der Waals surface area contributed by atoms with E-state index in [1.54, 1.807) is 23.1 Å². The number of unbranched alkanes of at least 4 members (excludes halogenated alkanes) is 2. The zero-order valence-electron chi connectivity index (χ0n) is 35.7. The molecule has 6 unspecified atom stereocenters. The van der Waals surface area contributed by atoms with Crippen molar-refractivity contribution in [2.45, 2.75) is 96.2 Å². The summed E-state index contributed by atoms with van der Waals surface area (Å²) in [4.78, 5) is 37.4. The number of nitro groups is 1. The number of aliphatic hydroxyl groups is 2. The Kier molecular flexibility index (Phi) is 16.8. The molecule has 2 aliphatic carbocycles. The molecule has 3 aliphatic rings. The molecule has 0 saturated heterocycles. The fraction of sp³-hybridized carbons (Fsp3) is 0.511. The van der Waals surface area contributed by atoms with Gasteiger partial charge in [-0.05, 0) is 104 Å². The van der Waals surface area contributed by atoms with Crippen molar-refractivity contribution in [3.8, 4) is 11.5 Å². The number of hydrogen-bond acceptors (Lipinski definition) is 12. The van der Waals surface area contributed by atoms with Gasteiger partial charge < -0.3 is 34.0 Å². The van der Waals surface area contributed by atoms with Crippen LogP contribution < -0.4 is 9.47 Å². The number of pyridine rings is 1. The van der Waals surface area contributed by atoms with E-state index in [-0.39, 0.29) is 75.4 Å². The highest BCUT2D eigenvalue weighted by Gasteiger charge is 2.65. The number of benzene rings is 2. The lowest BCUT2D eigenvalue weighted by molar-refractivity contribution is -0.384. The summed E-state index contributed by atoms with van der Waals surface area (Å²) in [6.07, 6.45) is 8.56. The predicted molar refractivity (Wildman–Crippen MR) is 235 cm³/mol. The predicted octanol–water partition coefficient (Wildman–Crippen LogP) is 8.80. The Morgan fingerprint density at radius 1 is 1.10 bits per heavy atom. The molecule has 15 heteroatoms. The van der Waals surface area contributed by atoms with Gasteiger partial charge >= 0.3 is 6.09 Å². The standard InChI is InChI=1S/C47H59ClN4O10/c1-4-22-51(46(55)58-26-21-48)43-29-41(50-61-30-33-15-17-36(18-16-33)52(56)57)39-27-34(12-6-8-23-53)38(14-7-9-24-54)44-40-28-37(59-31-35-13-10-11-32(3)49-35)19-20-42(40)62-47(43,45(39)44)60-25-5-2/h5,10-11,13,15-20,27-28,34,38,43-45,53-54H,2,4,6-9,12,14,21-26,29-31H2,1,3H3. The first-order chi connectivity index (χ1) is 30.2. The molecule has 3 aromatic rings. The molecule has 1 amide bonds. The van der Waals surface area contributed by atoms with Crippen molar-refractivity contribution in [3.63, 3.8) is 0 Å². The van der Waals surface area contributed by atoms with Crippen LogP contribution in [0.5, 0.6) is 11.5 Å². The minimum atomic E-state index is -1.45. The number of ether oxygens (including phenoxy) is 4. The highest BCUT2D eigenvalue weighted by atomic mass is 35.5. The molecule has 0 bridgehead atoms. The van der Waals surface area contributed by atoms with Crippen molar-refractivity contribution in [2.75, 3.05) is 38.9 Å². The topological polar surface area (TPSA) is 175 Å². The van der Waals surface area contributed by atoms with E-state index in [2.05, 4.69) is 17.6 Å². The van der Waals surface area contributed by atoms with E-state index in [0.29, 0.717) is 48.6 Å². The third kappa shape index (κ3) is 10.8. The van der Waals surface area contributed by atoms with Gasteiger partial charge in [-0.1, -0.05) is 43.1 Å². The second kappa shape index (κ2) is 22.4. The van der Waals surface area contributed by atoms with Crippen LogP contribution in [-0.2, 0) is 27.5 Å². The summed E-state index contributed by atoms with van der Waals surface area (Å²) < 4.78 is 26.4. The highest BCUT2D eigenvalue weighted by Crippen LogP contribution is 2.62. The van der Waals surface area contributed by atoms with E-state index >= 15 is 0 Å². The van der Waals surface area contributed by atoms with E-state index in [9.17, 15) is 25.1 Å². The number of nitro benzene ring substituents is 1. The highest BCUT2D eigenvalue weighted by molar-refractivity contribution is 6.18. The monoisotopic (exact) mass is 874 g/mol. The average molecular weight is 875 g/mol. The first-order valence-electron chi connectivity index (χ1n) is 21.7. The maximum Gasteiger partial charge on any atom is 0.410 e. The third-order valence-electron chi connectivity index (χ3n) is 11.9. The number of allylic oxidation sites excluding steroid dienone is 1. The lowest BCUT2D eigenvalue weighted by Crippen LogP contribution is -2.70. The van der Waals surface area contributed by atoms with Crippen molar-refractivity contribution in [2.24, 2.45) is 22.9 Å². The molecule has 1 fully saturated rings. The molecule has 62 heavy (non-hydrogen) atoms. The summed E-state index contributed by atoms with van der Waals surface area (Å²) in [5.41, 5.74) is 4.77. The van der Waals surface area contributed by atoms with Gasteiger partial charge in [0.15, 0.2) is 0 Å². The fourth-order valence-corrected chi connectivity index (χ4v) is 9.38. The first kappa shape index (κ1) is 46.5. The summed E-state index contributed by atoms with van der Waals surface area (Å²) in [7, 11) is 0. The van der Waals surface area contributed by atoms with E-state index in [1.807, 2.05) is 50.2 Å². The molecule has 6 atom stereocenters. The summed E-state index contributed by atoms with van der Waals surface area (Å²) in [6, 6.07) is 17.0. The van der Waals surface area contributed by atoms with Crippen LogP contribution in [0.1, 0.15) is 86.7 Å². The molecule has 1 aromatic heterocycles. The Balaban J connectivity index is 1.54. The van der Waals surface area contributed by atoms with Crippen molar-refractivity contribution < 1.29 is 43.7 Å². The van der Waals surface area contributed by atoms with E-state index in [0.717, 1.165) is 48.2 Å². The van der Waals surface area contributed by atoms with Gasteiger partial charge in [-0.25, -0.2) is 4.79 Å². The molecular formula is C47H59ClN4O10. The molecule has 6 rings (SSSR count). The quantitative estimate of drug-likeness (QED) is 0.0306. The van der Waals surface area contributed by atoms with Gasteiger partial charge in [0.1, 0.15) is 37.4 Å². The van der Waals surface area contributed by atoms with Crippen molar-refractivity contribution in [1.29, 1.82) is 0 Å². The lowest BCUT2D eigenvalue weighted by Gasteiger charge is -2.59. The van der Waals surface area contributed by atoms with Crippen LogP contribution in [0.25, 0.3) is 0 Å². The Hall–Kier alpha value is -5.02. The molecule has 1 aliphatic heterocycles. The van der Waals surface area contributed by atoms with Crippen LogP contribution in [0.4, 0.5) is 10.5 Å². The number of aryl methyl sites for hydroxylation is 1. The van der Waals surface area contributed by atoms with Crippen LogP contribution in [0.15, 0.2) is 90.1 Å². The smallest absolute Gasteiger partial charge is 0.410 e. The Morgan fingerprint density at radius 3 is 2.56 bits per heavy atom. The summed E-state index contributed by atoms with van der Waals surface area (Å²) in [5, 5.41) is 36.0. The van der Waals surface area contributed by atoms with Crippen LogP contribution >= 0.6 is 11.6 Å². The average Bonchev–Trinajstić information content (AvgIpc) is 3.27. The number of fused-ring (bicyclic) bond motifs is 2. The van der Waals surface area contributed by atoms with Gasteiger partial charge in [0.05, 0.1) is 34.7 Å². The summed E-state index contributed by atoms with van der Waals surface area (Å²) >= 11 is 6.02. The number of rotatable bonds is 23. The number of oxime groups is 1. The Morgan fingerprint density at radius 2 is 1.87 bits per heavy atom. The maximum absolute atomic E-state index is 14.2. The largest absolute Gasteiger partial charge is 0.487 e. The number of aliphatic hydroxyl groups excluding tert-OH is 2. The minimum absolute atomic E-state index is 0.0112. The van der Waals surface area contributed by atoms with Crippen LogP contribution in [-0.4, -0.2) is 87.5 Å². The summed E-state index contributed by atoms with van der Waals surface area (Å²) in [5.74, 6) is -0.839. The molecule has 2 N–H and O–H groups in total. The first-order valence-corrected chi connectivity index (χ1v) is 22.2. The zero-order valence-corrected chi connectivity index (χ0v) is 36.4. The number of alkyl halides is 1. The molecule has 2 aromatic carbocycles. The molecular weight excluding hydrogens is 816 g/mol. The number of aromatic nitrogens is 1. The number of hydrogen-bond donors (Lipinski definition) is 2. The molecule has 334 valence electrons. The van der Waals surface area contributed by atoms with Crippen LogP contribution in [0.2, 0.25) is 0 Å². The van der Waals surface area contributed by atoms with E-state index in [4.69, 9.17) is 40.5 Å². The SMILES string of the molecule is C=CCOC12Oc3ccc(OCc4cccc(C)n4)cc3C3C(CCCCO)C(CCCCO)C=C(C(=NOCc4ccc([N+](=O)[O-])cc4)CC1N(CCC)C(=O)OCCCl)C32. The second-order valence-corrected chi connectivity index (χ2v) is 16.4. The van der Waals surface area contributed by atoms with Crippen LogP contribution in [0.3, 0.4) is 0 Å². The van der Waals surface area contributed by atoms with Crippen molar-refractivity contribution in [1.82, 2.24) is 9.88 Å². The van der Waals surface area contributed by atoms with Crippen molar-refractivity contribution in [3.05, 3.63) is 118 Å². The number of non-ortho nitro benzene ring substituents is 1. The normalized spacial score (nSPS) is 23.0. The number of amides is 1. The summed E-state index contributed by atoms with van der Waals surface area (Å²) in [6.45, 7) is 8.81. The van der Waals surface area contributed by atoms with Gasteiger partial charge in [-0.2, -0.15) is 0 Å². The van der Waals surface area contributed by atoms with Gasteiger partial charge in [0.25, 0.3) is 5.69 Å². The van der Waals surface area contributed by atoms with Gasteiger partial charge in [0, 0.05) is 55.5 Å². The van der Waals surface area contributed by atoms with Gasteiger partial charge in [-0.15, -0.1) is 18.2 Å². The Labute approximate surface area is 368 Å². The van der Waals surface area contributed by atoms with Crippen LogP contribution in [0, 0.1) is 34.8 Å². The molecule has 14 nitrogen and oxygen atoms in total. The maximum atomic E-state index is 14.2. The second-order valence-electron chi connectivity index (χ2n) is 16.0. The zero-order chi connectivity index (χ0) is 44.1. The van der Waals surface area contributed by atoms with E-state index < -0.39 is 28.8 Å². The van der Waals surface area contributed by atoms with Crippen molar-refractivity contribution >= 4 is 29.1 Å². The molecule has 0 radical (unpaired) electrons. The number of nitrogens with zero attached hydrogens (tertiary/aromatic N) is 4. The molecule has 1 saturated carbocycles. The molecule has 2 heterocycles. The Bertz CT molecular complexity index is 2050. The number of halogens is 1. The lowest BCUT2D eigenvalue weighted by atomic mass is 9.55. The molecule has 0 spiro atoms. The third-order valence-corrected chi connectivity index (χ3v) is 12.1. The van der Waals surface area contributed by atoms with E-state index in [1.165, 1.54) is 12.1 Å². The van der Waals surface area contributed by atoms with Gasteiger partial charge in [-0.3, -0.25) is 20.0 Å². The minimum Gasteiger partial charge on any atom is -0.487 e.